The summed E-state index contributed by atoms with van der Waals surface area (Å²) in [7, 11) is -0.405. The molecule has 0 aliphatic carbocycles. The fourth-order valence-electron chi connectivity index (χ4n) is 4.53. The summed E-state index contributed by atoms with van der Waals surface area (Å²) in [5.74, 6) is 0. The standard InChI is InChI=1S/C27H51NP2/c1-23(2,3)20-16-21(18-29(24(4,5)6)25(7,8)9)28-22(17-20)19-30(26(10,11)12)27(13,14)15/h16-17H,18-19H2,1-15H3. The van der Waals surface area contributed by atoms with Crippen LogP contribution in [0, 0.1) is 0 Å². The molecular weight excluding hydrogens is 400 g/mol. The third-order valence-electron chi connectivity index (χ3n) is 5.68. The average molecular weight is 452 g/mol. The highest BCUT2D eigenvalue weighted by atomic mass is 31.1. The Labute approximate surface area is 192 Å². The fourth-order valence-corrected chi connectivity index (χ4v) is 11.4. The molecule has 1 rings (SSSR count). The van der Waals surface area contributed by atoms with Gasteiger partial charge in [-0.2, -0.15) is 0 Å². The van der Waals surface area contributed by atoms with Gasteiger partial charge in [-0.25, -0.2) is 0 Å². The highest BCUT2D eigenvalue weighted by Crippen LogP contribution is 2.62. The van der Waals surface area contributed by atoms with E-state index in [1.165, 1.54) is 17.0 Å². The minimum atomic E-state index is -0.202. The lowest BCUT2D eigenvalue weighted by molar-refractivity contribution is 0.587. The molecule has 174 valence electrons. The lowest BCUT2D eigenvalue weighted by Crippen LogP contribution is -2.27. The van der Waals surface area contributed by atoms with Gasteiger partial charge in [-0.05, 0) is 43.7 Å². The number of rotatable bonds is 4. The van der Waals surface area contributed by atoms with Crippen LogP contribution in [0.1, 0.15) is 121 Å². The molecule has 0 bridgehead atoms. The molecule has 0 atom stereocenters. The summed E-state index contributed by atoms with van der Waals surface area (Å²) in [6.07, 6.45) is 2.23. The van der Waals surface area contributed by atoms with E-state index >= 15 is 0 Å². The summed E-state index contributed by atoms with van der Waals surface area (Å²) >= 11 is 0. The van der Waals surface area contributed by atoms with Gasteiger partial charge in [0, 0.05) is 23.7 Å². The molecule has 0 saturated heterocycles. The minimum absolute atomic E-state index is 0.144. The Balaban J connectivity index is 3.50. The van der Waals surface area contributed by atoms with Crippen LogP contribution in [0.2, 0.25) is 0 Å². The van der Waals surface area contributed by atoms with Crippen LogP contribution in [0.15, 0.2) is 12.1 Å². The Morgan fingerprint density at radius 2 is 0.800 bits per heavy atom. The molecule has 0 amide bonds. The van der Waals surface area contributed by atoms with E-state index in [0.717, 1.165) is 12.3 Å². The Bertz CT molecular complexity index is 621. The molecule has 0 saturated carbocycles. The first-order chi connectivity index (χ1) is 13.0. The summed E-state index contributed by atoms with van der Waals surface area (Å²) < 4.78 is 0. The van der Waals surface area contributed by atoms with E-state index in [9.17, 15) is 0 Å². The van der Waals surface area contributed by atoms with E-state index < -0.39 is 0 Å². The van der Waals surface area contributed by atoms with E-state index in [4.69, 9.17) is 4.98 Å². The molecular formula is C27H51NP2. The first-order valence-corrected chi connectivity index (χ1v) is 14.6. The Kier molecular flexibility index (Phi) is 8.51. The van der Waals surface area contributed by atoms with Crippen LogP contribution in [0.5, 0.6) is 0 Å². The molecule has 0 aliphatic rings. The Hall–Kier alpha value is 0.01000. The lowest BCUT2D eigenvalue weighted by atomic mass is 9.87. The molecule has 1 nitrogen and oxygen atoms in total. The maximum Gasteiger partial charge on any atom is 0.0453 e. The van der Waals surface area contributed by atoms with Crippen LogP contribution in [-0.4, -0.2) is 25.6 Å². The molecule has 0 aliphatic heterocycles. The van der Waals surface area contributed by atoms with Crippen LogP contribution in [0.25, 0.3) is 0 Å². The van der Waals surface area contributed by atoms with E-state index in [2.05, 4.69) is 116 Å². The van der Waals surface area contributed by atoms with Crippen molar-refractivity contribution in [3.8, 4) is 0 Å². The number of hydrogen-bond acceptors (Lipinski definition) is 1. The molecule has 0 radical (unpaired) electrons. The van der Waals surface area contributed by atoms with Gasteiger partial charge in [0.15, 0.2) is 0 Å². The van der Waals surface area contributed by atoms with Crippen LogP contribution in [-0.2, 0) is 17.7 Å². The molecule has 0 unspecified atom stereocenters. The maximum absolute atomic E-state index is 5.31. The highest BCUT2D eigenvalue weighted by molar-refractivity contribution is 7.60. The number of hydrogen-bond donors (Lipinski definition) is 0. The van der Waals surface area contributed by atoms with Crippen LogP contribution >= 0.6 is 15.8 Å². The van der Waals surface area contributed by atoms with Crippen molar-refractivity contribution in [2.24, 2.45) is 0 Å². The number of aromatic nitrogens is 1. The van der Waals surface area contributed by atoms with Crippen LogP contribution in [0.3, 0.4) is 0 Å². The third-order valence-corrected chi connectivity index (χ3v) is 13.4. The van der Waals surface area contributed by atoms with E-state index in [1.807, 2.05) is 0 Å². The topological polar surface area (TPSA) is 12.9 Å². The van der Waals surface area contributed by atoms with Gasteiger partial charge in [-0.3, -0.25) is 4.98 Å². The third kappa shape index (κ3) is 8.17. The van der Waals surface area contributed by atoms with Gasteiger partial charge in [0.1, 0.15) is 0 Å². The normalized spacial score (nSPS) is 14.7. The fraction of sp³-hybridized carbons (Fsp3) is 0.815. The summed E-state index contributed by atoms with van der Waals surface area (Å²) in [5.41, 5.74) is 4.21. The van der Waals surface area contributed by atoms with Crippen molar-refractivity contribution in [1.29, 1.82) is 0 Å². The Morgan fingerprint density at radius 3 is 1.00 bits per heavy atom. The van der Waals surface area contributed by atoms with Gasteiger partial charge in [0.05, 0.1) is 0 Å². The maximum atomic E-state index is 5.31. The van der Waals surface area contributed by atoms with E-state index in [1.54, 1.807) is 0 Å². The average Bonchev–Trinajstić information content (AvgIpc) is 2.44. The molecule has 30 heavy (non-hydrogen) atoms. The lowest BCUT2D eigenvalue weighted by Gasteiger charge is -2.42. The molecule has 1 aromatic heterocycles. The molecule has 0 N–H and O–H groups in total. The number of pyridine rings is 1. The van der Waals surface area contributed by atoms with Crippen LogP contribution in [0.4, 0.5) is 0 Å². The molecule has 0 fully saturated rings. The second-order valence-electron chi connectivity index (χ2n) is 13.9. The van der Waals surface area contributed by atoms with Gasteiger partial charge < -0.3 is 0 Å². The summed E-state index contributed by atoms with van der Waals surface area (Å²) in [6.45, 7) is 36.0. The van der Waals surface area contributed by atoms with E-state index in [0.29, 0.717) is 20.6 Å². The van der Waals surface area contributed by atoms with Crippen molar-refractivity contribution >= 4 is 15.8 Å². The molecule has 0 spiro atoms. The van der Waals surface area contributed by atoms with Crippen molar-refractivity contribution in [1.82, 2.24) is 4.98 Å². The monoisotopic (exact) mass is 451 g/mol. The zero-order chi connectivity index (χ0) is 23.9. The van der Waals surface area contributed by atoms with Crippen molar-refractivity contribution < 1.29 is 0 Å². The summed E-state index contributed by atoms with van der Waals surface area (Å²) in [5, 5.41) is 1.26. The predicted octanol–water partition coefficient (Wildman–Crippen LogP) is 9.54. The predicted molar refractivity (Wildman–Crippen MR) is 143 cm³/mol. The van der Waals surface area contributed by atoms with Gasteiger partial charge in [0.2, 0.25) is 0 Å². The van der Waals surface area contributed by atoms with Gasteiger partial charge in [-0.15, -0.1) is 0 Å². The largest absolute Gasteiger partial charge is 0.257 e. The summed E-state index contributed by atoms with van der Waals surface area (Å²) in [4.78, 5) is 5.31. The van der Waals surface area contributed by atoms with Gasteiger partial charge >= 0.3 is 0 Å². The molecule has 1 aromatic rings. The molecule has 1 heterocycles. The summed E-state index contributed by atoms with van der Waals surface area (Å²) in [6, 6.07) is 4.82. The first-order valence-electron chi connectivity index (χ1n) is 11.6. The van der Waals surface area contributed by atoms with Crippen LogP contribution < -0.4 is 0 Å². The van der Waals surface area contributed by atoms with E-state index in [-0.39, 0.29) is 21.3 Å². The number of nitrogens with zero attached hydrogens (tertiary/aromatic N) is 1. The second kappa shape index (κ2) is 9.10. The quantitative estimate of drug-likeness (QED) is 0.415. The van der Waals surface area contributed by atoms with Crippen molar-refractivity contribution in [2.45, 2.75) is 142 Å². The van der Waals surface area contributed by atoms with Gasteiger partial charge in [0.25, 0.3) is 0 Å². The molecule has 0 aromatic carbocycles. The zero-order valence-electron chi connectivity index (χ0n) is 22.9. The molecule has 3 heteroatoms. The Morgan fingerprint density at radius 1 is 0.533 bits per heavy atom. The SMILES string of the molecule is CC(C)(C)c1cc(CP(C(C)(C)C)C(C)(C)C)nc(CP(C(C)(C)C)C(C)(C)C)c1. The minimum Gasteiger partial charge on any atom is -0.257 e. The van der Waals surface area contributed by atoms with Crippen molar-refractivity contribution in [3.05, 3.63) is 29.1 Å². The second-order valence-corrected chi connectivity index (χ2v) is 21.7. The smallest absolute Gasteiger partial charge is 0.0453 e. The first kappa shape index (κ1) is 28.0. The highest BCUT2D eigenvalue weighted by Gasteiger charge is 2.36. The van der Waals surface area contributed by atoms with Gasteiger partial charge in [-0.1, -0.05) is 120 Å². The zero-order valence-corrected chi connectivity index (χ0v) is 24.7. The van der Waals surface area contributed by atoms with Crippen molar-refractivity contribution in [3.63, 3.8) is 0 Å². The van der Waals surface area contributed by atoms with Crippen molar-refractivity contribution in [2.75, 3.05) is 0 Å².